The number of imidazole rings is 1. The number of likely N-dealkylation sites (tertiary alicyclic amines) is 1. The van der Waals surface area contributed by atoms with Gasteiger partial charge in [0.1, 0.15) is 11.2 Å². The first-order valence-electron chi connectivity index (χ1n) is 17.2. The summed E-state index contributed by atoms with van der Waals surface area (Å²) in [4.78, 5) is 55.9. The van der Waals surface area contributed by atoms with Crippen LogP contribution in [0.3, 0.4) is 0 Å². The van der Waals surface area contributed by atoms with Crippen LogP contribution >= 0.6 is 11.8 Å². The second-order valence-corrected chi connectivity index (χ2v) is 15.5. The molecule has 258 valence electrons. The van der Waals surface area contributed by atoms with Gasteiger partial charge in [-0.1, -0.05) is 42.5 Å². The molecule has 4 aromatic rings. The number of para-hydroxylation sites is 1. The molecule has 3 saturated heterocycles. The highest BCUT2D eigenvalue weighted by atomic mass is 32.2. The summed E-state index contributed by atoms with van der Waals surface area (Å²) in [6, 6.07) is 18.7. The minimum absolute atomic E-state index is 0.0328. The van der Waals surface area contributed by atoms with Crippen molar-refractivity contribution in [1.29, 1.82) is 0 Å². The van der Waals surface area contributed by atoms with E-state index in [9.17, 15) is 14.4 Å². The van der Waals surface area contributed by atoms with Crippen molar-refractivity contribution in [3.63, 3.8) is 0 Å². The van der Waals surface area contributed by atoms with E-state index in [1.54, 1.807) is 16.8 Å². The maximum absolute atomic E-state index is 15.8. The lowest BCUT2D eigenvalue weighted by Crippen LogP contribution is -2.53. The summed E-state index contributed by atoms with van der Waals surface area (Å²) in [6.07, 6.45) is 3.00. The molecule has 12 heteroatoms. The van der Waals surface area contributed by atoms with Crippen molar-refractivity contribution in [2.24, 2.45) is 0 Å². The van der Waals surface area contributed by atoms with E-state index in [0.29, 0.717) is 56.9 Å². The molecule has 1 N–H and O–H groups in total. The summed E-state index contributed by atoms with van der Waals surface area (Å²) in [5.74, 6) is -0.468. The van der Waals surface area contributed by atoms with Gasteiger partial charge >= 0.3 is 5.69 Å². The summed E-state index contributed by atoms with van der Waals surface area (Å²) in [6.45, 7) is 11.0. The van der Waals surface area contributed by atoms with Crippen LogP contribution in [0.15, 0.2) is 71.7 Å². The number of carbonyl (C=O) groups excluding carboxylic acids is 2. The van der Waals surface area contributed by atoms with Crippen LogP contribution in [0, 0.1) is 5.82 Å². The van der Waals surface area contributed by atoms with Gasteiger partial charge in [0.05, 0.1) is 16.5 Å². The van der Waals surface area contributed by atoms with E-state index < -0.39 is 10.6 Å². The van der Waals surface area contributed by atoms with Crippen molar-refractivity contribution in [3.8, 4) is 0 Å². The summed E-state index contributed by atoms with van der Waals surface area (Å²) in [5.41, 5.74) is 3.47. The molecular weight excluding hydrogens is 642 g/mol. The monoisotopic (exact) mass is 685 g/mol. The lowest BCUT2D eigenvalue weighted by molar-refractivity contribution is -0.137. The largest absolute Gasteiger partial charge is 0.366 e. The van der Waals surface area contributed by atoms with Crippen molar-refractivity contribution in [1.82, 2.24) is 29.2 Å². The van der Waals surface area contributed by atoms with Crippen LogP contribution in [0.1, 0.15) is 62.6 Å². The fourth-order valence-electron chi connectivity index (χ4n) is 7.55. The number of H-pyrrole nitrogens is 1. The summed E-state index contributed by atoms with van der Waals surface area (Å²) < 4.78 is 17.6. The lowest BCUT2D eigenvalue weighted by atomic mass is 10.0. The average molecular weight is 686 g/mol. The highest BCUT2D eigenvalue weighted by Crippen LogP contribution is 2.48. The third kappa shape index (κ3) is 6.72. The SMILES string of the molecule is CC(C)(C)N1CCN(c2c(F)cccc2C2S[C@@H](CC(=O)N3CCC(n4c(=O)[nH]c5ncccc54)CC3)C(=O)N2Cc2ccccc2)CC1. The first-order valence-corrected chi connectivity index (χ1v) is 18.1. The maximum Gasteiger partial charge on any atom is 0.327 e. The summed E-state index contributed by atoms with van der Waals surface area (Å²) in [7, 11) is 0. The number of pyridine rings is 1. The molecule has 2 aromatic carbocycles. The number of aromatic amines is 1. The number of thioether (sulfide) groups is 1. The predicted molar refractivity (Wildman–Crippen MR) is 191 cm³/mol. The number of fused-ring (bicyclic) bond motifs is 1. The molecule has 0 spiro atoms. The zero-order valence-corrected chi connectivity index (χ0v) is 29.2. The zero-order valence-electron chi connectivity index (χ0n) is 28.3. The van der Waals surface area contributed by atoms with Gasteiger partial charge in [-0.05, 0) is 57.4 Å². The number of nitrogens with zero attached hydrogens (tertiary/aromatic N) is 6. The summed E-state index contributed by atoms with van der Waals surface area (Å²) >= 11 is 1.45. The van der Waals surface area contributed by atoms with Crippen molar-refractivity contribution < 1.29 is 14.0 Å². The smallest absolute Gasteiger partial charge is 0.327 e. The van der Waals surface area contributed by atoms with E-state index in [1.165, 1.54) is 17.8 Å². The number of halogens is 1. The first-order chi connectivity index (χ1) is 23.6. The molecule has 2 amide bonds. The van der Waals surface area contributed by atoms with Gasteiger partial charge in [-0.3, -0.25) is 24.0 Å². The van der Waals surface area contributed by atoms with Crippen LogP contribution in [0.25, 0.3) is 11.2 Å². The number of amides is 2. The quantitative estimate of drug-likeness (QED) is 0.287. The van der Waals surface area contributed by atoms with Crippen molar-refractivity contribution in [2.75, 3.05) is 44.2 Å². The zero-order chi connectivity index (χ0) is 34.3. The lowest BCUT2D eigenvalue weighted by Gasteiger charge is -2.43. The summed E-state index contributed by atoms with van der Waals surface area (Å²) in [5, 5.41) is -1.03. The molecule has 49 heavy (non-hydrogen) atoms. The fraction of sp³-hybridized carbons (Fsp3) is 0.459. The molecule has 0 bridgehead atoms. The van der Waals surface area contributed by atoms with Gasteiger partial charge in [0.25, 0.3) is 0 Å². The highest BCUT2D eigenvalue weighted by Gasteiger charge is 2.44. The van der Waals surface area contributed by atoms with Crippen molar-refractivity contribution >= 4 is 40.4 Å². The van der Waals surface area contributed by atoms with Crippen molar-refractivity contribution in [3.05, 3.63) is 94.3 Å². The first kappa shape index (κ1) is 33.3. The molecule has 1 unspecified atom stereocenters. The number of anilines is 1. The Morgan fingerprint density at radius 3 is 2.39 bits per heavy atom. The molecule has 0 aliphatic carbocycles. The van der Waals surface area contributed by atoms with Gasteiger partial charge in [0.2, 0.25) is 11.8 Å². The van der Waals surface area contributed by atoms with E-state index in [1.807, 2.05) is 58.3 Å². The van der Waals surface area contributed by atoms with Crippen molar-refractivity contribution in [2.45, 2.75) is 68.8 Å². The number of benzene rings is 2. The molecule has 7 rings (SSSR count). The average Bonchev–Trinajstić information content (AvgIpc) is 3.59. The highest BCUT2D eigenvalue weighted by molar-refractivity contribution is 8.01. The number of hydrogen-bond donors (Lipinski definition) is 1. The van der Waals surface area contributed by atoms with Crippen LogP contribution in [-0.2, 0) is 16.1 Å². The van der Waals surface area contributed by atoms with Gasteiger partial charge in [0.15, 0.2) is 5.65 Å². The Labute approximate surface area is 290 Å². The van der Waals surface area contributed by atoms with Gasteiger partial charge < -0.3 is 14.7 Å². The molecule has 2 atom stereocenters. The predicted octanol–water partition coefficient (Wildman–Crippen LogP) is 5.18. The Kier molecular flexibility index (Phi) is 9.27. The topological polar surface area (TPSA) is 97.8 Å². The third-order valence-corrected chi connectivity index (χ3v) is 11.7. The van der Waals surface area contributed by atoms with E-state index in [4.69, 9.17) is 0 Å². The third-order valence-electron chi connectivity index (χ3n) is 10.2. The second kappa shape index (κ2) is 13.6. The molecule has 3 fully saturated rings. The number of hydrogen-bond acceptors (Lipinski definition) is 7. The van der Waals surface area contributed by atoms with Gasteiger partial charge in [0, 0.05) is 75.6 Å². The number of piperazine rings is 1. The number of piperidine rings is 1. The van der Waals surface area contributed by atoms with Crippen LogP contribution in [0.4, 0.5) is 10.1 Å². The minimum Gasteiger partial charge on any atom is -0.366 e. The van der Waals surface area contributed by atoms with E-state index in [0.717, 1.165) is 29.7 Å². The van der Waals surface area contributed by atoms with Gasteiger partial charge in [-0.25, -0.2) is 14.2 Å². The van der Waals surface area contributed by atoms with Gasteiger partial charge in [-0.2, -0.15) is 0 Å². The van der Waals surface area contributed by atoms with Crippen LogP contribution in [-0.4, -0.2) is 91.1 Å². The van der Waals surface area contributed by atoms with Gasteiger partial charge in [-0.15, -0.1) is 11.8 Å². The number of carbonyl (C=O) groups is 2. The van der Waals surface area contributed by atoms with Crippen LogP contribution < -0.4 is 10.6 Å². The Morgan fingerprint density at radius 2 is 1.67 bits per heavy atom. The standard InChI is InChI=1S/C37H44FN7O3S/c1-37(2,3)43-21-19-42(20-22-43)32-27(11-7-12-28(32)38)35-44(24-25-9-5-4-6-10-25)34(47)30(49-35)23-31(46)41-17-14-26(15-18-41)45-29-13-8-16-39-33(29)40-36(45)48/h4-13,16,26,30,35H,14-15,17-24H2,1-3H3,(H,39,40,48)/t30-,35?/m0/s1. The molecule has 2 aromatic heterocycles. The number of rotatable bonds is 7. The normalized spacial score (nSPS) is 21.2. The Balaban J connectivity index is 1.09. The molecule has 5 heterocycles. The Morgan fingerprint density at radius 1 is 0.939 bits per heavy atom. The molecule has 0 saturated carbocycles. The molecule has 3 aliphatic heterocycles. The number of aromatic nitrogens is 3. The Hall–Kier alpha value is -4.16. The van der Waals surface area contributed by atoms with E-state index >= 15 is 4.39 Å². The van der Waals surface area contributed by atoms with E-state index in [-0.39, 0.29) is 41.3 Å². The van der Waals surface area contributed by atoms with Crippen LogP contribution in [0.2, 0.25) is 0 Å². The molecule has 10 nitrogen and oxygen atoms in total. The maximum atomic E-state index is 15.8. The molecular formula is C37H44FN7O3S. The van der Waals surface area contributed by atoms with E-state index in [2.05, 4.69) is 40.5 Å². The second-order valence-electron chi connectivity index (χ2n) is 14.2. The van der Waals surface area contributed by atoms with Crippen LogP contribution in [0.5, 0.6) is 0 Å². The Bertz CT molecular complexity index is 1870. The molecule has 3 aliphatic rings. The minimum atomic E-state index is -0.588. The molecule has 0 radical (unpaired) electrons. The fourth-order valence-corrected chi connectivity index (χ4v) is 9.02. The number of nitrogens with one attached hydrogen (secondary N) is 1.